The van der Waals surface area contributed by atoms with Crippen molar-refractivity contribution in [3.8, 4) is 0 Å². The Bertz CT molecular complexity index is 1010. The lowest BCUT2D eigenvalue weighted by molar-refractivity contribution is 0.0951. The molecule has 32 heavy (non-hydrogen) atoms. The summed E-state index contributed by atoms with van der Waals surface area (Å²) in [4.78, 5) is 14.9. The lowest BCUT2D eigenvalue weighted by Gasteiger charge is -2.26. The topological polar surface area (TPSA) is 69.7 Å². The molecular formula is C25H35N3O3S. The Morgan fingerprint density at radius 2 is 1.72 bits per heavy atom. The van der Waals surface area contributed by atoms with Crippen LogP contribution in [0.15, 0.2) is 42.5 Å². The first kappa shape index (κ1) is 24.3. The fourth-order valence-electron chi connectivity index (χ4n) is 4.09. The van der Waals surface area contributed by atoms with Crippen LogP contribution >= 0.6 is 0 Å². The van der Waals surface area contributed by atoms with E-state index in [1.165, 1.54) is 42.9 Å². The number of anilines is 1. The minimum atomic E-state index is -3.46. The Balaban J connectivity index is 1.58. The van der Waals surface area contributed by atoms with Gasteiger partial charge in [0.25, 0.3) is 5.91 Å². The van der Waals surface area contributed by atoms with Crippen LogP contribution in [0.3, 0.4) is 0 Å². The number of rotatable bonds is 9. The maximum atomic E-state index is 12.5. The fourth-order valence-corrected chi connectivity index (χ4v) is 5.02. The predicted octanol–water partition coefficient (Wildman–Crippen LogP) is 3.88. The molecule has 0 aromatic heterocycles. The summed E-state index contributed by atoms with van der Waals surface area (Å²) in [6, 6.07) is 13.0. The summed E-state index contributed by atoms with van der Waals surface area (Å²) < 4.78 is 26.4. The lowest BCUT2D eigenvalue weighted by atomic mass is 10.1. The molecule has 1 amide bonds. The van der Waals surface area contributed by atoms with Gasteiger partial charge in [0.1, 0.15) is 0 Å². The fraction of sp³-hybridized carbons (Fsp3) is 0.480. The van der Waals surface area contributed by atoms with Gasteiger partial charge in [0.2, 0.25) is 10.0 Å². The van der Waals surface area contributed by atoms with Crippen molar-refractivity contribution < 1.29 is 13.2 Å². The highest BCUT2D eigenvalue weighted by Gasteiger charge is 2.20. The summed E-state index contributed by atoms with van der Waals surface area (Å²) in [7, 11) is -3.46. The Hall–Kier alpha value is -2.38. The van der Waals surface area contributed by atoms with Gasteiger partial charge in [-0.15, -0.1) is 0 Å². The van der Waals surface area contributed by atoms with Crippen LogP contribution in [0.2, 0.25) is 0 Å². The average Bonchev–Trinajstić information content (AvgIpc) is 2.77. The third-order valence-corrected chi connectivity index (χ3v) is 7.09. The highest BCUT2D eigenvalue weighted by Crippen LogP contribution is 2.26. The van der Waals surface area contributed by atoms with Crippen molar-refractivity contribution >= 4 is 21.6 Å². The van der Waals surface area contributed by atoms with E-state index in [4.69, 9.17) is 0 Å². The molecule has 0 bridgehead atoms. The molecule has 6 nitrogen and oxygen atoms in total. The van der Waals surface area contributed by atoms with Crippen molar-refractivity contribution in [2.24, 2.45) is 0 Å². The molecule has 1 heterocycles. The summed E-state index contributed by atoms with van der Waals surface area (Å²) in [6.45, 7) is 8.10. The van der Waals surface area contributed by atoms with Crippen molar-refractivity contribution in [2.45, 2.75) is 46.1 Å². The zero-order valence-electron chi connectivity index (χ0n) is 19.4. The van der Waals surface area contributed by atoms with Crippen LogP contribution in [0, 0.1) is 13.8 Å². The van der Waals surface area contributed by atoms with Crippen molar-refractivity contribution in [3.05, 3.63) is 64.7 Å². The second-order valence-electron chi connectivity index (χ2n) is 8.77. The summed E-state index contributed by atoms with van der Waals surface area (Å²) >= 11 is 0. The minimum absolute atomic E-state index is 0.0929. The number of sulfonamides is 1. The third kappa shape index (κ3) is 6.81. The summed E-state index contributed by atoms with van der Waals surface area (Å²) in [5.74, 6) is -0.0929. The molecule has 0 saturated carbocycles. The Kier molecular flexibility index (Phi) is 8.32. The SMILES string of the molecule is Cc1ccc(C)c(N(Cc2ccc(C(=O)NCCCN3CCCCC3)cc2)S(C)(=O)=O)c1. The predicted molar refractivity (Wildman–Crippen MR) is 131 cm³/mol. The van der Waals surface area contributed by atoms with E-state index in [9.17, 15) is 13.2 Å². The molecule has 0 spiro atoms. The number of amides is 1. The number of hydrogen-bond donors (Lipinski definition) is 1. The van der Waals surface area contributed by atoms with E-state index in [1.54, 1.807) is 12.1 Å². The molecule has 0 atom stereocenters. The van der Waals surface area contributed by atoms with E-state index in [0.29, 0.717) is 17.8 Å². The Labute approximate surface area is 192 Å². The van der Waals surface area contributed by atoms with E-state index >= 15 is 0 Å². The molecular weight excluding hydrogens is 422 g/mol. The van der Waals surface area contributed by atoms with Gasteiger partial charge in [-0.05, 0) is 87.6 Å². The number of benzene rings is 2. The van der Waals surface area contributed by atoms with Gasteiger partial charge in [0.05, 0.1) is 18.5 Å². The van der Waals surface area contributed by atoms with Gasteiger partial charge >= 0.3 is 0 Å². The number of hydrogen-bond acceptors (Lipinski definition) is 4. The second-order valence-corrected chi connectivity index (χ2v) is 10.7. The Morgan fingerprint density at radius 3 is 2.38 bits per heavy atom. The van der Waals surface area contributed by atoms with E-state index in [-0.39, 0.29) is 12.5 Å². The summed E-state index contributed by atoms with van der Waals surface area (Å²) in [5, 5.41) is 2.99. The molecule has 1 aliphatic rings. The van der Waals surface area contributed by atoms with Gasteiger partial charge in [-0.2, -0.15) is 0 Å². The number of carbonyl (C=O) groups excluding carboxylic acids is 1. The third-order valence-electron chi connectivity index (χ3n) is 5.96. The molecule has 2 aromatic rings. The molecule has 7 heteroatoms. The molecule has 1 fully saturated rings. The number of likely N-dealkylation sites (tertiary alicyclic amines) is 1. The zero-order chi connectivity index (χ0) is 23.1. The largest absolute Gasteiger partial charge is 0.352 e. The van der Waals surface area contributed by atoms with Gasteiger partial charge in [-0.25, -0.2) is 8.42 Å². The van der Waals surface area contributed by atoms with E-state index in [2.05, 4.69) is 10.2 Å². The van der Waals surface area contributed by atoms with Crippen LogP contribution in [0.25, 0.3) is 0 Å². The van der Waals surface area contributed by atoms with Gasteiger partial charge in [0, 0.05) is 12.1 Å². The standard InChI is InChI=1S/C25H35N3O3S/c1-20-8-9-21(2)24(18-20)28(32(3,30)31)19-22-10-12-23(13-11-22)25(29)26-14-7-17-27-15-5-4-6-16-27/h8-13,18H,4-7,14-17,19H2,1-3H3,(H,26,29). The van der Waals surface area contributed by atoms with Crippen LogP contribution in [0.4, 0.5) is 5.69 Å². The highest BCUT2D eigenvalue weighted by atomic mass is 32.2. The number of piperidine rings is 1. The maximum Gasteiger partial charge on any atom is 0.251 e. The highest BCUT2D eigenvalue weighted by molar-refractivity contribution is 7.92. The van der Waals surface area contributed by atoms with Gasteiger partial charge in [-0.3, -0.25) is 9.10 Å². The van der Waals surface area contributed by atoms with E-state index < -0.39 is 10.0 Å². The van der Waals surface area contributed by atoms with E-state index in [1.807, 2.05) is 44.2 Å². The molecule has 1 saturated heterocycles. The van der Waals surface area contributed by atoms with Crippen molar-refractivity contribution in [1.29, 1.82) is 0 Å². The van der Waals surface area contributed by atoms with Gasteiger partial charge in [-0.1, -0.05) is 30.7 Å². The molecule has 174 valence electrons. The quantitative estimate of drug-likeness (QED) is 0.580. The van der Waals surface area contributed by atoms with Crippen LogP contribution in [-0.2, 0) is 16.6 Å². The van der Waals surface area contributed by atoms with Crippen LogP contribution < -0.4 is 9.62 Å². The second kappa shape index (κ2) is 11.0. The first-order chi connectivity index (χ1) is 15.2. The summed E-state index contributed by atoms with van der Waals surface area (Å²) in [6.07, 6.45) is 6.05. The minimum Gasteiger partial charge on any atom is -0.352 e. The average molecular weight is 458 g/mol. The zero-order valence-corrected chi connectivity index (χ0v) is 20.2. The van der Waals surface area contributed by atoms with Crippen LogP contribution in [0.5, 0.6) is 0 Å². The van der Waals surface area contributed by atoms with Crippen molar-refractivity contribution in [2.75, 3.05) is 36.7 Å². The number of nitrogens with one attached hydrogen (secondary N) is 1. The summed E-state index contributed by atoms with van der Waals surface area (Å²) in [5.41, 5.74) is 4.01. The molecule has 0 radical (unpaired) electrons. The number of carbonyl (C=O) groups is 1. The first-order valence-electron chi connectivity index (χ1n) is 11.4. The number of nitrogens with zero attached hydrogens (tertiary/aromatic N) is 2. The van der Waals surface area contributed by atoms with Gasteiger partial charge in [0.15, 0.2) is 0 Å². The van der Waals surface area contributed by atoms with Crippen molar-refractivity contribution in [3.63, 3.8) is 0 Å². The molecule has 1 N–H and O–H groups in total. The van der Waals surface area contributed by atoms with Gasteiger partial charge < -0.3 is 10.2 Å². The Morgan fingerprint density at radius 1 is 1.03 bits per heavy atom. The molecule has 0 aliphatic carbocycles. The monoisotopic (exact) mass is 457 g/mol. The van der Waals surface area contributed by atoms with Crippen LogP contribution in [0.1, 0.15) is 52.7 Å². The lowest BCUT2D eigenvalue weighted by Crippen LogP contribution is -2.33. The molecule has 2 aromatic carbocycles. The number of aryl methyl sites for hydroxylation is 2. The smallest absolute Gasteiger partial charge is 0.251 e. The molecule has 1 aliphatic heterocycles. The van der Waals surface area contributed by atoms with Crippen LogP contribution in [-0.4, -0.2) is 51.7 Å². The van der Waals surface area contributed by atoms with Crippen molar-refractivity contribution in [1.82, 2.24) is 10.2 Å². The molecule has 0 unspecified atom stereocenters. The normalized spacial score (nSPS) is 14.8. The maximum absolute atomic E-state index is 12.5. The first-order valence-corrected chi connectivity index (χ1v) is 13.2. The van der Waals surface area contributed by atoms with E-state index in [0.717, 1.165) is 29.7 Å². The molecule has 3 rings (SSSR count).